The molecule has 2 aromatic rings. The molecule has 0 spiro atoms. The molecule has 1 atom stereocenters. The number of ether oxygens (including phenoxy) is 1. The van der Waals surface area contributed by atoms with Gasteiger partial charge in [0.05, 0.1) is 31.0 Å². The first-order chi connectivity index (χ1) is 15.3. The van der Waals surface area contributed by atoms with Gasteiger partial charge >= 0.3 is 12.1 Å². The van der Waals surface area contributed by atoms with E-state index in [0.29, 0.717) is 23.5 Å². The molecule has 2 N–H and O–H groups in total. The summed E-state index contributed by atoms with van der Waals surface area (Å²) in [5.74, 6) is -1.83. The van der Waals surface area contributed by atoms with Gasteiger partial charge in [0.2, 0.25) is 0 Å². The van der Waals surface area contributed by atoms with Gasteiger partial charge in [-0.05, 0) is 36.6 Å². The summed E-state index contributed by atoms with van der Waals surface area (Å²) in [6.45, 7) is 0.356. The molecule has 172 valence electrons. The van der Waals surface area contributed by atoms with Gasteiger partial charge in [0.15, 0.2) is 0 Å². The molecule has 0 radical (unpaired) electrons. The zero-order valence-electron chi connectivity index (χ0n) is 17.7. The number of carbonyl (C=O) groups is 1. The van der Waals surface area contributed by atoms with Crippen LogP contribution in [0, 0.1) is 0 Å². The number of carbonyl (C=O) groups excluding carboxylic acids is 1. The molecule has 1 aliphatic heterocycles. The van der Waals surface area contributed by atoms with E-state index >= 15 is 0 Å². The van der Waals surface area contributed by atoms with Crippen molar-refractivity contribution in [1.82, 2.24) is 9.88 Å². The van der Waals surface area contributed by atoms with Crippen LogP contribution in [0.15, 0.2) is 42.6 Å². The summed E-state index contributed by atoms with van der Waals surface area (Å²) < 4.78 is 46.1. The highest BCUT2D eigenvalue weighted by molar-refractivity contribution is 5.82. The third kappa shape index (κ3) is 5.15. The van der Waals surface area contributed by atoms with Gasteiger partial charge in [-0.1, -0.05) is 31.0 Å². The lowest BCUT2D eigenvalue weighted by atomic mass is 10.1. The lowest BCUT2D eigenvalue weighted by Crippen LogP contribution is -2.49. The molecule has 32 heavy (non-hydrogen) atoms. The Morgan fingerprint density at radius 2 is 1.94 bits per heavy atom. The fourth-order valence-electron chi connectivity index (χ4n) is 4.50. The third-order valence-electron chi connectivity index (χ3n) is 6.06. The molecular formula is C23H27F3N4O2. The Hall–Kier alpha value is -2.81. The number of alkyl halides is 3. The van der Waals surface area contributed by atoms with Crippen molar-refractivity contribution < 1.29 is 22.7 Å². The van der Waals surface area contributed by atoms with Gasteiger partial charge in [0.25, 0.3) is 0 Å². The SMILES string of the molecule is Nc1ccnc(CN2c3ccccc3CN(C(=O)C(F)(F)F)CC2COC2CCCC2)c1. The van der Waals surface area contributed by atoms with Crippen LogP contribution in [0.4, 0.5) is 24.5 Å². The molecule has 2 aliphatic rings. The summed E-state index contributed by atoms with van der Waals surface area (Å²) >= 11 is 0. The van der Waals surface area contributed by atoms with Gasteiger partial charge in [-0.2, -0.15) is 13.2 Å². The van der Waals surface area contributed by atoms with Crippen LogP contribution < -0.4 is 10.6 Å². The molecule has 6 nitrogen and oxygen atoms in total. The number of nitrogen functional groups attached to an aromatic ring is 1. The fourth-order valence-corrected chi connectivity index (χ4v) is 4.50. The minimum atomic E-state index is -4.93. The monoisotopic (exact) mass is 448 g/mol. The lowest BCUT2D eigenvalue weighted by molar-refractivity contribution is -0.186. The number of benzene rings is 1. The highest BCUT2D eigenvalue weighted by atomic mass is 19.4. The Morgan fingerprint density at radius 1 is 1.19 bits per heavy atom. The predicted octanol–water partition coefficient (Wildman–Crippen LogP) is 3.90. The zero-order chi connectivity index (χ0) is 22.7. The predicted molar refractivity (Wildman–Crippen MR) is 115 cm³/mol. The number of amides is 1. The van der Waals surface area contributed by atoms with E-state index in [1.165, 1.54) is 0 Å². The van der Waals surface area contributed by atoms with Gasteiger partial charge in [-0.25, -0.2) is 0 Å². The molecule has 2 heterocycles. The summed E-state index contributed by atoms with van der Waals surface area (Å²) in [4.78, 5) is 19.5. The maximum absolute atomic E-state index is 13.3. The first-order valence-corrected chi connectivity index (χ1v) is 10.8. The van der Waals surface area contributed by atoms with Gasteiger partial charge in [0, 0.05) is 30.7 Å². The van der Waals surface area contributed by atoms with E-state index in [0.717, 1.165) is 36.3 Å². The van der Waals surface area contributed by atoms with Gasteiger partial charge in [-0.3, -0.25) is 9.78 Å². The van der Waals surface area contributed by atoms with Crippen LogP contribution in [-0.4, -0.2) is 47.3 Å². The molecule has 0 bridgehead atoms. The smallest absolute Gasteiger partial charge is 0.399 e. The summed E-state index contributed by atoms with van der Waals surface area (Å²) in [5, 5.41) is 0. The van der Waals surface area contributed by atoms with E-state index in [2.05, 4.69) is 4.98 Å². The maximum Gasteiger partial charge on any atom is 0.471 e. The third-order valence-corrected chi connectivity index (χ3v) is 6.06. The van der Waals surface area contributed by atoms with Crippen molar-refractivity contribution in [2.45, 2.75) is 57.1 Å². The number of aromatic nitrogens is 1. The van der Waals surface area contributed by atoms with Crippen LogP contribution in [0.1, 0.15) is 36.9 Å². The van der Waals surface area contributed by atoms with Crippen molar-refractivity contribution in [2.75, 3.05) is 23.8 Å². The molecule has 1 unspecified atom stereocenters. The van der Waals surface area contributed by atoms with Crippen LogP contribution in [0.5, 0.6) is 0 Å². The van der Waals surface area contributed by atoms with Crippen molar-refractivity contribution in [3.63, 3.8) is 0 Å². The first-order valence-electron chi connectivity index (χ1n) is 10.8. The molecule has 1 saturated carbocycles. The molecule has 1 aromatic carbocycles. The van der Waals surface area contributed by atoms with E-state index in [4.69, 9.17) is 10.5 Å². The molecule has 9 heteroatoms. The van der Waals surface area contributed by atoms with E-state index in [9.17, 15) is 18.0 Å². The van der Waals surface area contributed by atoms with Crippen LogP contribution in [0.3, 0.4) is 0 Å². The zero-order valence-corrected chi connectivity index (χ0v) is 17.7. The fraction of sp³-hybridized carbons (Fsp3) is 0.478. The molecule has 1 aliphatic carbocycles. The number of fused-ring (bicyclic) bond motifs is 1. The average molecular weight is 448 g/mol. The minimum absolute atomic E-state index is 0.0952. The van der Waals surface area contributed by atoms with Crippen molar-refractivity contribution in [3.8, 4) is 0 Å². The summed E-state index contributed by atoms with van der Waals surface area (Å²) in [6.07, 6.45) is 0.861. The van der Waals surface area contributed by atoms with Crippen molar-refractivity contribution in [1.29, 1.82) is 0 Å². The Kier molecular flexibility index (Phi) is 6.55. The van der Waals surface area contributed by atoms with Crippen LogP contribution in [0.2, 0.25) is 0 Å². The number of nitrogens with two attached hydrogens (primary N) is 1. The maximum atomic E-state index is 13.3. The number of anilines is 2. The Bertz CT molecular complexity index is 947. The lowest BCUT2D eigenvalue weighted by Gasteiger charge is -2.34. The van der Waals surface area contributed by atoms with Gasteiger partial charge < -0.3 is 20.3 Å². The van der Waals surface area contributed by atoms with Crippen molar-refractivity contribution in [2.24, 2.45) is 0 Å². The van der Waals surface area contributed by atoms with E-state index in [-0.39, 0.29) is 25.8 Å². The number of halogens is 3. The summed E-state index contributed by atoms with van der Waals surface area (Å²) in [5.41, 5.74) is 8.59. The summed E-state index contributed by atoms with van der Waals surface area (Å²) in [6, 6.07) is 10.2. The largest absolute Gasteiger partial charge is 0.471 e. The average Bonchev–Trinajstić information content (AvgIpc) is 3.22. The molecular weight excluding hydrogens is 421 g/mol. The topological polar surface area (TPSA) is 71.7 Å². The van der Waals surface area contributed by atoms with E-state index < -0.39 is 18.1 Å². The Labute approximate surface area is 185 Å². The number of hydrogen-bond acceptors (Lipinski definition) is 5. The second-order valence-corrected chi connectivity index (χ2v) is 8.41. The second-order valence-electron chi connectivity index (χ2n) is 8.41. The summed E-state index contributed by atoms with van der Waals surface area (Å²) in [7, 11) is 0. The Morgan fingerprint density at radius 3 is 2.66 bits per heavy atom. The second kappa shape index (κ2) is 9.36. The van der Waals surface area contributed by atoms with E-state index in [1.807, 2.05) is 17.0 Å². The molecule has 0 saturated heterocycles. The van der Waals surface area contributed by atoms with Crippen LogP contribution in [-0.2, 0) is 22.6 Å². The normalized spacial score (nSPS) is 19.7. The quantitative estimate of drug-likeness (QED) is 0.751. The Balaban J connectivity index is 1.68. The highest BCUT2D eigenvalue weighted by Gasteiger charge is 2.44. The first kappa shape index (κ1) is 22.4. The van der Waals surface area contributed by atoms with E-state index in [1.54, 1.807) is 30.5 Å². The van der Waals surface area contributed by atoms with Gasteiger partial charge in [0.1, 0.15) is 0 Å². The van der Waals surface area contributed by atoms with Crippen LogP contribution in [0.25, 0.3) is 0 Å². The molecule has 1 fully saturated rings. The molecule has 1 amide bonds. The van der Waals surface area contributed by atoms with Gasteiger partial charge in [-0.15, -0.1) is 0 Å². The molecule has 4 rings (SSSR count). The molecule has 1 aromatic heterocycles. The number of hydrogen-bond donors (Lipinski definition) is 1. The number of pyridine rings is 1. The van der Waals surface area contributed by atoms with Crippen molar-refractivity contribution in [3.05, 3.63) is 53.9 Å². The number of rotatable bonds is 5. The minimum Gasteiger partial charge on any atom is -0.399 e. The van der Waals surface area contributed by atoms with Crippen molar-refractivity contribution >= 4 is 17.3 Å². The standard InChI is InChI=1S/C23H27F3N4O2/c24-23(25,26)22(31)29-12-16-5-1-4-8-21(16)30(13-18-11-17(27)9-10-28-18)19(14-29)15-32-20-6-2-3-7-20/h1,4-5,8-11,19-20H,2-3,6-7,12-15H2,(H2,27,28). The highest BCUT2D eigenvalue weighted by Crippen LogP contribution is 2.32. The number of nitrogens with zero attached hydrogens (tertiary/aromatic N) is 3. The van der Waals surface area contributed by atoms with Crippen LogP contribution >= 0.6 is 0 Å². The number of para-hydroxylation sites is 1.